The maximum Gasteiger partial charge on any atom is 0.322 e. The Morgan fingerprint density at radius 3 is 2.78 bits per heavy atom. The summed E-state index contributed by atoms with van der Waals surface area (Å²) in [7, 11) is 0. The van der Waals surface area contributed by atoms with Crippen molar-refractivity contribution in [3.05, 3.63) is 18.2 Å². The topological polar surface area (TPSA) is 134 Å². The first-order chi connectivity index (χ1) is 12.8. The van der Waals surface area contributed by atoms with E-state index in [2.05, 4.69) is 10.6 Å². The van der Waals surface area contributed by atoms with E-state index < -0.39 is 36.3 Å². The number of hydrogen-bond acceptors (Lipinski definition) is 6. The molecule has 2 aliphatic heterocycles. The molecule has 10 nitrogen and oxygen atoms in total. The number of ether oxygens (including phenoxy) is 2. The molecule has 0 saturated carbocycles. The van der Waals surface area contributed by atoms with Crippen molar-refractivity contribution in [2.45, 2.75) is 19.4 Å². The predicted octanol–water partition coefficient (Wildman–Crippen LogP) is -0.526. The molecule has 0 spiro atoms. The molecule has 2 aliphatic rings. The van der Waals surface area contributed by atoms with Gasteiger partial charge in [0.1, 0.15) is 12.6 Å². The molecule has 0 radical (unpaired) electrons. The minimum absolute atomic E-state index is 0.0176. The number of hydrogen-bond donors (Lipinski definition) is 3. The van der Waals surface area contributed by atoms with Crippen LogP contribution < -0.4 is 25.0 Å². The van der Waals surface area contributed by atoms with Crippen LogP contribution >= 0.6 is 0 Å². The third-order valence-corrected chi connectivity index (χ3v) is 4.33. The summed E-state index contributed by atoms with van der Waals surface area (Å²) in [5.41, 5.74) is 0.604. The van der Waals surface area contributed by atoms with E-state index in [-0.39, 0.29) is 25.7 Å². The highest BCUT2D eigenvalue weighted by molar-refractivity contribution is 6.01. The number of rotatable bonds is 6. The molecule has 3 rings (SSSR count). The summed E-state index contributed by atoms with van der Waals surface area (Å²) in [6.45, 7) is 1.22. The van der Waals surface area contributed by atoms with Crippen LogP contribution in [0.3, 0.4) is 0 Å². The lowest BCUT2D eigenvalue weighted by molar-refractivity contribution is -0.138. The van der Waals surface area contributed by atoms with Crippen LogP contribution in [0.4, 0.5) is 5.69 Å². The van der Waals surface area contributed by atoms with Crippen LogP contribution in [0.25, 0.3) is 0 Å². The normalized spacial score (nSPS) is 18.9. The summed E-state index contributed by atoms with van der Waals surface area (Å²) >= 11 is 0. The summed E-state index contributed by atoms with van der Waals surface area (Å²) in [6, 6.07) is 4.19. The molecule has 3 N–H and O–H groups in total. The molecule has 0 aliphatic carbocycles. The Morgan fingerprint density at radius 2 is 2.04 bits per heavy atom. The lowest BCUT2D eigenvalue weighted by atomic mass is 10.1. The smallest absolute Gasteiger partial charge is 0.322 e. The van der Waals surface area contributed by atoms with Gasteiger partial charge in [-0.3, -0.25) is 19.2 Å². The number of fused-ring (bicyclic) bond motifs is 1. The predicted molar refractivity (Wildman–Crippen MR) is 91.3 cm³/mol. The number of amides is 3. The van der Waals surface area contributed by atoms with Crippen LogP contribution in [-0.4, -0.2) is 54.7 Å². The number of carboxylic acids is 1. The van der Waals surface area contributed by atoms with Gasteiger partial charge in [-0.25, -0.2) is 0 Å². The molecule has 1 aromatic rings. The highest BCUT2D eigenvalue weighted by Gasteiger charge is 2.36. The van der Waals surface area contributed by atoms with Crippen LogP contribution in [-0.2, 0) is 19.2 Å². The fourth-order valence-electron chi connectivity index (χ4n) is 2.90. The van der Waals surface area contributed by atoms with Crippen molar-refractivity contribution in [3.63, 3.8) is 0 Å². The number of nitrogens with zero attached hydrogens (tertiary/aromatic N) is 1. The maximum absolute atomic E-state index is 12.4. The highest BCUT2D eigenvalue weighted by atomic mass is 16.7. The molecule has 1 saturated heterocycles. The van der Waals surface area contributed by atoms with E-state index in [0.29, 0.717) is 17.2 Å². The number of benzene rings is 1. The zero-order chi connectivity index (χ0) is 19.6. The van der Waals surface area contributed by atoms with Gasteiger partial charge in [0.2, 0.25) is 24.5 Å². The van der Waals surface area contributed by atoms with E-state index in [4.69, 9.17) is 14.6 Å². The van der Waals surface area contributed by atoms with E-state index in [1.54, 1.807) is 18.2 Å². The van der Waals surface area contributed by atoms with Crippen LogP contribution in [0.2, 0.25) is 0 Å². The number of anilines is 1. The maximum atomic E-state index is 12.4. The lowest BCUT2D eigenvalue weighted by Gasteiger charge is -2.18. The van der Waals surface area contributed by atoms with Crippen LogP contribution in [0.1, 0.15) is 13.3 Å². The van der Waals surface area contributed by atoms with Crippen molar-refractivity contribution in [1.29, 1.82) is 0 Å². The minimum atomic E-state index is -1.18. The molecule has 2 heterocycles. The van der Waals surface area contributed by atoms with Gasteiger partial charge in [-0.1, -0.05) is 0 Å². The van der Waals surface area contributed by atoms with Gasteiger partial charge < -0.3 is 30.1 Å². The number of aliphatic carboxylic acids is 1. The third kappa shape index (κ3) is 4.10. The Morgan fingerprint density at radius 1 is 1.30 bits per heavy atom. The quantitative estimate of drug-likeness (QED) is 0.607. The second kappa shape index (κ2) is 7.52. The van der Waals surface area contributed by atoms with E-state index >= 15 is 0 Å². The molecule has 0 aromatic heterocycles. The molecule has 1 aromatic carbocycles. The van der Waals surface area contributed by atoms with Gasteiger partial charge >= 0.3 is 5.97 Å². The second-order valence-electron chi connectivity index (χ2n) is 6.28. The van der Waals surface area contributed by atoms with Crippen LogP contribution in [0.15, 0.2) is 18.2 Å². The third-order valence-electron chi connectivity index (χ3n) is 4.33. The SMILES string of the molecule is CC(NC(=O)C1CC(=O)N(c2ccc3c(c2)OCO3)C1)C(=O)NCC(=O)O. The van der Waals surface area contributed by atoms with Gasteiger partial charge in [-0.2, -0.15) is 0 Å². The zero-order valence-corrected chi connectivity index (χ0v) is 14.6. The van der Waals surface area contributed by atoms with Crippen molar-refractivity contribution in [2.24, 2.45) is 5.92 Å². The number of carbonyl (C=O) groups is 4. The monoisotopic (exact) mass is 377 g/mol. The van der Waals surface area contributed by atoms with Gasteiger partial charge in [0.25, 0.3) is 0 Å². The van der Waals surface area contributed by atoms with Crippen molar-refractivity contribution >= 4 is 29.4 Å². The molecule has 27 heavy (non-hydrogen) atoms. The zero-order valence-electron chi connectivity index (χ0n) is 14.6. The molecule has 1 fully saturated rings. The average Bonchev–Trinajstić information content (AvgIpc) is 3.25. The molecule has 0 bridgehead atoms. The summed E-state index contributed by atoms with van der Waals surface area (Å²) in [5.74, 6) is -1.91. The largest absolute Gasteiger partial charge is 0.480 e. The Balaban J connectivity index is 1.59. The molecule has 10 heteroatoms. The first-order valence-electron chi connectivity index (χ1n) is 8.35. The first-order valence-corrected chi connectivity index (χ1v) is 8.35. The van der Waals surface area contributed by atoms with Crippen LogP contribution in [0, 0.1) is 5.92 Å². The average molecular weight is 377 g/mol. The molecule has 3 amide bonds. The van der Waals surface area contributed by atoms with Crippen LogP contribution in [0.5, 0.6) is 11.5 Å². The second-order valence-corrected chi connectivity index (χ2v) is 6.28. The Bertz CT molecular complexity index is 795. The Hall–Kier alpha value is -3.30. The molecule has 144 valence electrons. The molecule has 2 atom stereocenters. The van der Waals surface area contributed by atoms with Crippen molar-refractivity contribution < 1.29 is 33.8 Å². The van der Waals surface area contributed by atoms with Gasteiger partial charge in [0, 0.05) is 24.7 Å². The fraction of sp³-hybridized carbons (Fsp3) is 0.412. The van der Waals surface area contributed by atoms with Gasteiger partial charge in [0.05, 0.1) is 5.92 Å². The summed E-state index contributed by atoms with van der Waals surface area (Å²) in [6.07, 6.45) is 0.0176. The van der Waals surface area contributed by atoms with Crippen molar-refractivity contribution in [1.82, 2.24) is 10.6 Å². The summed E-state index contributed by atoms with van der Waals surface area (Å²) in [4.78, 5) is 48.4. The Labute approximate surface area is 154 Å². The number of carbonyl (C=O) groups excluding carboxylic acids is 3. The van der Waals surface area contributed by atoms with Gasteiger partial charge in [-0.05, 0) is 19.1 Å². The Kier molecular flexibility index (Phi) is 5.15. The molecular weight excluding hydrogens is 358 g/mol. The van der Waals surface area contributed by atoms with Crippen molar-refractivity contribution in [2.75, 3.05) is 24.8 Å². The van der Waals surface area contributed by atoms with Gasteiger partial charge in [0.15, 0.2) is 11.5 Å². The lowest BCUT2D eigenvalue weighted by Crippen LogP contribution is -2.48. The molecular formula is C17H19N3O7. The number of carboxylic acid groups (broad SMARTS) is 1. The van der Waals surface area contributed by atoms with E-state index in [1.165, 1.54) is 11.8 Å². The van der Waals surface area contributed by atoms with E-state index in [0.717, 1.165) is 0 Å². The molecule has 2 unspecified atom stereocenters. The number of nitrogens with one attached hydrogen (secondary N) is 2. The van der Waals surface area contributed by atoms with E-state index in [1.807, 2.05) is 0 Å². The summed E-state index contributed by atoms with van der Waals surface area (Å²) < 4.78 is 10.5. The summed E-state index contributed by atoms with van der Waals surface area (Å²) in [5, 5.41) is 13.3. The van der Waals surface area contributed by atoms with Gasteiger partial charge in [-0.15, -0.1) is 0 Å². The van der Waals surface area contributed by atoms with E-state index in [9.17, 15) is 19.2 Å². The minimum Gasteiger partial charge on any atom is -0.480 e. The highest BCUT2D eigenvalue weighted by Crippen LogP contribution is 2.37. The fourth-order valence-corrected chi connectivity index (χ4v) is 2.90. The first kappa shape index (κ1) is 18.5. The van der Waals surface area contributed by atoms with Crippen molar-refractivity contribution in [3.8, 4) is 11.5 Å². The standard InChI is InChI=1S/C17H19N3O7/c1-9(16(24)18-6-15(22)23)19-17(25)10-4-14(21)20(7-10)11-2-3-12-13(5-11)27-8-26-12/h2-3,5,9-10H,4,6-8H2,1H3,(H,18,24)(H,19,25)(H,22,23).